The van der Waals surface area contributed by atoms with Gasteiger partial charge in [0, 0.05) is 19.1 Å². The summed E-state index contributed by atoms with van der Waals surface area (Å²) in [5, 5.41) is 0. The number of carbonyl (C=O) groups is 1. The van der Waals surface area contributed by atoms with E-state index in [1.807, 2.05) is 0 Å². The molecule has 0 unspecified atom stereocenters. The predicted octanol–water partition coefficient (Wildman–Crippen LogP) is 1.59. The Balaban J connectivity index is 2.61. The van der Waals surface area contributed by atoms with Crippen LogP contribution in [-0.2, 0) is 14.3 Å². The lowest BCUT2D eigenvalue weighted by Gasteiger charge is -2.32. The van der Waals surface area contributed by atoms with Gasteiger partial charge in [0.1, 0.15) is 0 Å². The third-order valence-electron chi connectivity index (χ3n) is 2.41. The lowest BCUT2D eigenvalue weighted by atomic mass is 9.82. The first-order valence-electron chi connectivity index (χ1n) is 4.56. The van der Waals surface area contributed by atoms with E-state index in [2.05, 4.69) is 0 Å². The standard InChI is InChI=1S/C9H15ClO3/c1-2-13-8(11)9(7-10)3-5-12-6-4-9/h2-7H2,1H3. The zero-order valence-corrected chi connectivity index (χ0v) is 8.60. The molecular formula is C9H15ClO3. The Morgan fingerprint density at radius 3 is 2.62 bits per heavy atom. The van der Waals surface area contributed by atoms with Gasteiger partial charge >= 0.3 is 5.97 Å². The fraction of sp³-hybridized carbons (Fsp3) is 0.889. The van der Waals surface area contributed by atoms with Crippen molar-refractivity contribution in [2.75, 3.05) is 25.7 Å². The number of hydrogen-bond donors (Lipinski definition) is 0. The summed E-state index contributed by atoms with van der Waals surface area (Å²) in [6, 6.07) is 0. The second-order valence-electron chi connectivity index (χ2n) is 3.25. The smallest absolute Gasteiger partial charge is 0.313 e. The third kappa shape index (κ3) is 2.35. The van der Waals surface area contributed by atoms with E-state index in [1.165, 1.54) is 0 Å². The van der Waals surface area contributed by atoms with E-state index in [-0.39, 0.29) is 5.97 Å². The molecule has 0 bridgehead atoms. The summed E-state index contributed by atoms with van der Waals surface area (Å²) < 4.78 is 10.2. The Kier molecular flexibility index (Phi) is 4.00. The second-order valence-corrected chi connectivity index (χ2v) is 3.51. The van der Waals surface area contributed by atoms with E-state index in [9.17, 15) is 4.79 Å². The van der Waals surface area contributed by atoms with Gasteiger partial charge in [-0.1, -0.05) is 0 Å². The molecule has 0 saturated carbocycles. The molecule has 0 N–H and O–H groups in total. The average molecular weight is 207 g/mol. The normalized spacial score (nSPS) is 21.1. The first-order chi connectivity index (χ1) is 6.25. The van der Waals surface area contributed by atoms with Gasteiger partial charge in [0.25, 0.3) is 0 Å². The van der Waals surface area contributed by atoms with Crippen molar-refractivity contribution in [2.24, 2.45) is 5.41 Å². The van der Waals surface area contributed by atoms with Crippen molar-refractivity contribution in [1.82, 2.24) is 0 Å². The fourth-order valence-corrected chi connectivity index (χ4v) is 1.82. The van der Waals surface area contributed by atoms with E-state index < -0.39 is 5.41 Å². The van der Waals surface area contributed by atoms with Crippen molar-refractivity contribution in [1.29, 1.82) is 0 Å². The Labute approximate surface area is 83.3 Å². The van der Waals surface area contributed by atoms with Crippen molar-refractivity contribution >= 4 is 17.6 Å². The molecule has 0 aromatic rings. The molecule has 1 heterocycles. The van der Waals surface area contributed by atoms with E-state index in [0.29, 0.717) is 38.5 Å². The minimum atomic E-state index is -0.490. The zero-order chi connectivity index (χ0) is 9.73. The van der Waals surface area contributed by atoms with Crippen molar-refractivity contribution in [3.05, 3.63) is 0 Å². The molecule has 1 aliphatic heterocycles. The van der Waals surface area contributed by atoms with Gasteiger partial charge < -0.3 is 9.47 Å². The van der Waals surface area contributed by atoms with Crippen molar-refractivity contribution < 1.29 is 14.3 Å². The molecule has 1 saturated heterocycles. The molecule has 0 spiro atoms. The molecule has 76 valence electrons. The average Bonchev–Trinajstić information content (AvgIpc) is 2.19. The van der Waals surface area contributed by atoms with Gasteiger partial charge in [0.05, 0.1) is 12.0 Å². The molecule has 1 aliphatic rings. The third-order valence-corrected chi connectivity index (χ3v) is 2.93. The van der Waals surface area contributed by atoms with Crippen LogP contribution in [0, 0.1) is 5.41 Å². The van der Waals surface area contributed by atoms with Crippen LogP contribution in [0.1, 0.15) is 19.8 Å². The van der Waals surface area contributed by atoms with E-state index in [0.717, 1.165) is 0 Å². The highest BCUT2D eigenvalue weighted by atomic mass is 35.5. The summed E-state index contributed by atoms with van der Waals surface area (Å²) in [5.41, 5.74) is -0.490. The van der Waals surface area contributed by atoms with Crippen LogP contribution in [0.5, 0.6) is 0 Å². The molecule has 0 radical (unpaired) electrons. The Morgan fingerprint density at radius 1 is 1.54 bits per heavy atom. The van der Waals surface area contributed by atoms with Gasteiger partial charge in [-0.25, -0.2) is 0 Å². The number of carbonyl (C=O) groups excluding carboxylic acids is 1. The molecule has 0 aromatic carbocycles. The van der Waals surface area contributed by atoms with Gasteiger partial charge in [0.2, 0.25) is 0 Å². The maximum absolute atomic E-state index is 11.6. The first kappa shape index (κ1) is 10.8. The van der Waals surface area contributed by atoms with Crippen LogP contribution in [0.15, 0.2) is 0 Å². The highest BCUT2D eigenvalue weighted by molar-refractivity contribution is 6.19. The van der Waals surface area contributed by atoms with E-state index in [4.69, 9.17) is 21.1 Å². The molecule has 0 atom stereocenters. The maximum atomic E-state index is 11.6. The van der Waals surface area contributed by atoms with Crippen LogP contribution in [0.25, 0.3) is 0 Å². The van der Waals surface area contributed by atoms with Gasteiger partial charge in [-0.3, -0.25) is 4.79 Å². The SMILES string of the molecule is CCOC(=O)C1(CCl)CCOCC1. The Morgan fingerprint density at radius 2 is 2.15 bits per heavy atom. The largest absolute Gasteiger partial charge is 0.466 e. The number of alkyl halides is 1. The number of rotatable bonds is 3. The molecule has 3 nitrogen and oxygen atoms in total. The van der Waals surface area contributed by atoms with Crippen molar-refractivity contribution in [2.45, 2.75) is 19.8 Å². The number of hydrogen-bond acceptors (Lipinski definition) is 3. The summed E-state index contributed by atoms with van der Waals surface area (Å²) in [6.45, 7) is 3.43. The van der Waals surface area contributed by atoms with Crippen LogP contribution in [0.2, 0.25) is 0 Å². The topological polar surface area (TPSA) is 35.5 Å². The molecule has 4 heteroatoms. The molecule has 0 amide bonds. The zero-order valence-electron chi connectivity index (χ0n) is 7.85. The van der Waals surface area contributed by atoms with Crippen LogP contribution >= 0.6 is 11.6 Å². The van der Waals surface area contributed by atoms with Gasteiger partial charge in [-0.2, -0.15) is 0 Å². The van der Waals surface area contributed by atoms with Crippen LogP contribution in [-0.4, -0.2) is 31.7 Å². The number of ether oxygens (including phenoxy) is 2. The maximum Gasteiger partial charge on any atom is 0.313 e. The summed E-state index contributed by atoms with van der Waals surface area (Å²) in [7, 11) is 0. The minimum absolute atomic E-state index is 0.173. The molecule has 0 aliphatic carbocycles. The van der Waals surface area contributed by atoms with E-state index in [1.54, 1.807) is 6.92 Å². The fourth-order valence-electron chi connectivity index (χ4n) is 1.44. The highest BCUT2D eigenvalue weighted by Gasteiger charge is 2.40. The first-order valence-corrected chi connectivity index (χ1v) is 5.09. The van der Waals surface area contributed by atoms with Gasteiger partial charge in [-0.05, 0) is 19.8 Å². The van der Waals surface area contributed by atoms with Gasteiger partial charge in [-0.15, -0.1) is 11.6 Å². The number of esters is 1. The van der Waals surface area contributed by atoms with Crippen LogP contribution in [0.4, 0.5) is 0 Å². The minimum Gasteiger partial charge on any atom is -0.466 e. The van der Waals surface area contributed by atoms with Crippen molar-refractivity contribution in [3.8, 4) is 0 Å². The predicted molar refractivity (Wildman–Crippen MR) is 49.8 cm³/mol. The Bertz CT molecular complexity index is 176. The summed E-state index contributed by atoms with van der Waals surface area (Å²) in [4.78, 5) is 11.6. The lowest BCUT2D eigenvalue weighted by molar-refractivity contribution is -0.159. The Hall–Kier alpha value is -0.280. The molecule has 0 aromatic heterocycles. The number of halogens is 1. The summed E-state index contributed by atoms with van der Waals surface area (Å²) >= 11 is 5.81. The quantitative estimate of drug-likeness (QED) is 0.520. The summed E-state index contributed by atoms with van der Waals surface area (Å²) in [6.07, 6.45) is 1.35. The van der Waals surface area contributed by atoms with Gasteiger partial charge in [0.15, 0.2) is 0 Å². The second kappa shape index (κ2) is 4.82. The summed E-state index contributed by atoms with van der Waals surface area (Å²) in [5.74, 6) is 0.156. The van der Waals surface area contributed by atoms with Crippen LogP contribution < -0.4 is 0 Å². The monoisotopic (exact) mass is 206 g/mol. The van der Waals surface area contributed by atoms with Crippen LogP contribution in [0.3, 0.4) is 0 Å². The van der Waals surface area contributed by atoms with E-state index >= 15 is 0 Å². The molecular weight excluding hydrogens is 192 g/mol. The molecule has 1 rings (SSSR count). The molecule has 13 heavy (non-hydrogen) atoms. The van der Waals surface area contributed by atoms with Crippen molar-refractivity contribution in [3.63, 3.8) is 0 Å². The molecule has 1 fully saturated rings. The highest BCUT2D eigenvalue weighted by Crippen LogP contribution is 2.33. The lowest BCUT2D eigenvalue weighted by Crippen LogP contribution is -2.40.